The minimum atomic E-state index is 0.162. The van der Waals surface area contributed by atoms with Crippen molar-refractivity contribution >= 4 is 11.4 Å². The van der Waals surface area contributed by atoms with Gasteiger partial charge in [-0.05, 0) is 48.5 Å². The molecule has 198 valence electrons. The lowest BCUT2D eigenvalue weighted by atomic mass is 9.86. The first-order valence-electron chi connectivity index (χ1n) is 13.3. The van der Waals surface area contributed by atoms with Crippen LogP contribution in [0.5, 0.6) is 23.0 Å². The molecule has 7 rings (SSSR count). The maximum absolute atomic E-state index is 6.74. The Kier molecular flexibility index (Phi) is 6.12. The van der Waals surface area contributed by atoms with Crippen LogP contribution in [0.2, 0.25) is 0 Å². The Morgan fingerprint density at radius 2 is 0.763 bits per heavy atom. The zero-order valence-corrected chi connectivity index (χ0v) is 21.2. The highest BCUT2D eigenvalue weighted by atomic mass is 16.6. The van der Waals surface area contributed by atoms with Gasteiger partial charge in [0.25, 0.3) is 0 Å². The predicted molar refractivity (Wildman–Crippen MR) is 142 cm³/mol. The summed E-state index contributed by atoms with van der Waals surface area (Å²) < 4.78 is 36.3. The lowest BCUT2D eigenvalue weighted by molar-refractivity contribution is 0.381. The molecule has 4 heterocycles. The van der Waals surface area contributed by atoms with E-state index in [1.54, 1.807) is 0 Å². The molecule has 4 N–H and O–H groups in total. The maximum atomic E-state index is 6.74. The smallest absolute Gasteiger partial charge is 0.134 e. The molecule has 4 saturated heterocycles. The topological polar surface area (TPSA) is 121 Å². The molecule has 0 aliphatic carbocycles. The van der Waals surface area contributed by atoms with Gasteiger partial charge < -0.3 is 39.9 Å². The molecule has 3 aromatic carbocycles. The normalized spacial score (nSPS) is 24.6. The van der Waals surface area contributed by atoms with Gasteiger partial charge in [0.15, 0.2) is 0 Å². The molecule has 0 spiro atoms. The first-order valence-corrected chi connectivity index (χ1v) is 13.3. The van der Waals surface area contributed by atoms with Gasteiger partial charge in [0.1, 0.15) is 23.0 Å². The zero-order valence-electron chi connectivity index (χ0n) is 21.2. The van der Waals surface area contributed by atoms with E-state index in [0.717, 1.165) is 97.4 Å². The van der Waals surface area contributed by atoms with Gasteiger partial charge in [0.05, 0.1) is 50.8 Å². The molecular formula is C30H32N2O6. The molecule has 38 heavy (non-hydrogen) atoms. The summed E-state index contributed by atoms with van der Waals surface area (Å²) in [4.78, 5) is 0. The third-order valence-corrected chi connectivity index (χ3v) is 7.36. The Hall–Kier alpha value is -3.30. The number of hydrogen-bond acceptors (Lipinski definition) is 8. The lowest BCUT2D eigenvalue weighted by Gasteiger charge is -2.26. The number of epoxide rings is 4. The molecule has 4 unspecified atom stereocenters. The van der Waals surface area contributed by atoms with Crippen molar-refractivity contribution in [3.8, 4) is 23.0 Å². The Bertz CT molecular complexity index is 1150. The molecule has 4 fully saturated rings. The minimum absolute atomic E-state index is 0.162. The van der Waals surface area contributed by atoms with Crippen LogP contribution in [0.1, 0.15) is 22.3 Å². The van der Waals surface area contributed by atoms with E-state index < -0.39 is 0 Å². The number of anilines is 2. The van der Waals surface area contributed by atoms with Crippen molar-refractivity contribution in [1.82, 2.24) is 0 Å². The number of rotatable bonds is 12. The van der Waals surface area contributed by atoms with Crippen LogP contribution in [-0.2, 0) is 44.6 Å². The van der Waals surface area contributed by atoms with Crippen molar-refractivity contribution in [1.29, 1.82) is 0 Å². The molecule has 3 aromatic rings. The number of hydrogen-bond donors (Lipinski definition) is 2. The fourth-order valence-electron chi connectivity index (χ4n) is 4.98. The van der Waals surface area contributed by atoms with Crippen LogP contribution in [0, 0.1) is 0 Å². The molecular weight excluding hydrogens is 484 g/mol. The van der Waals surface area contributed by atoms with Crippen LogP contribution < -0.4 is 20.9 Å². The summed E-state index contributed by atoms with van der Waals surface area (Å²) in [5.74, 6) is 3.22. The van der Waals surface area contributed by atoms with Crippen molar-refractivity contribution < 1.29 is 28.4 Å². The van der Waals surface area contributed by atoms with E-state index in [0.29, 0.717) is 11.4 Å². The summed E-state index contributed by atoms with van der Waals surface area (Å²) in [6.45, 7) is 2.97. The molecule has 4 atom stereocenters. The Labute approximate surface area is 221 Å². The van der Waals surface area contributed by atoms with E-state index >= 15 is 0 Å². The fraction of sp³-hybridized carbons (Fsp3) is 0.400. The van der Waals surface area contributed by atoms with Gasteiger partial charge in [-0.25, -0.2) is 0 Å². The van der Waals surface area contributed by atoms with Crippen LogP contribution in [-0.4, -0.2) is 50.8 Å². The highest BCUT2D eigenvalue weighted by Gasteiger charge is 2.38. The van der Waals surface area contributed by atoms with Crippen molar-refractivity contribution in [2.75, 3.05) is 37.9 Å². The summed E-state index contributed by atoms with van der Waals surface area (Å²) >= 11 is 0. The van der Waals surface area contributed by atoms with Crippen LogP contribution in [0.3, 0.4) is 0 Å². The number of nitrogens with two attached hydrogens (primary N) is 2. The van der Waals surface area contributed by atoms with Crippen LogP contribution >= 0.6 is 0 Å². The molecule has 8 heteroatoms. The van der Waals surface area contributed by atoms with E-state index in [1.807, 2.05) is 48.5 Å². The maximum Gasteiger partial charge on any atom is 0.134 e. The van der Waals surface area contributed by atoms with Crippen LogP contribution in [0.4, 0.5) is 11.4 Å². The molecule has 4 aliphatic rings. The molecule has 8 nitrogen and oxygen atoms in total. The third kappa shape index (κ3) is 5.59. The average Bonchev–Trinajstić information content (AvgIpc) is 3.74. The van der Waals surface area contributed by atoms with Gasteiger partial charge in [-0.1, -0.05) is 0 Å². The van der Waals surface area contributed by atoms with E-state index in [4.69, 9.17) is 39.9 Å². The van der Waals surface area contributed by atoms with Gasteiger partial charge in [0, 0.05) is 59.3 Å². The number of ether oxygens (including phenoxy) is 6. The quantitative estimate of drug-likeness (QED) is 0.271. The van der Waals surface area contributed by atoms with Crippen molar-refractivity contribution in [3.05, 3.63) is 70.8 Å². The van der Waals surface area contributed by atoms with Gasteiger partial charge in [-0.15, -0.1) is 0 Å². The summed E-state index contributed by atoms with van der Waals surface area (Å²) in [6.07, 6.45) is 3.60. The van der Waals surface area contributed by atoms with E-state index in [-0.39, 0.29) is 24.4 Å². The average molecular weight is 517 g/mol. The number of nitrogen functional groups attached to an aromatic ring is 2. The molecule has 4 aliphatic heterocycles. The first kappa shape index (κ1) is 23.8. The molecule has 0 aromatic heterocycles. The second-order valence-electron chi connectivity index (χ2n) is 10.6. The fourth-order valence-corrected chi connectivity index (χ4v) is 4.98. The third-order valence-electron chi connectivity index (χ3n) is 7.36. The van der Waals surface area contributed by atoms with E-state index in [2.05, 4.69) is 0 Å². The SMILES string of the molecule is Nc1ccc(Oc2c(CC3CO3)c(CC3CO3)c(Oc3ccc(N)cc3)c(CC3CO3)c2CC2CO2)cc1. The summed E-state index contributed by atoms with van der Waals surface area (Å²) in [5.41, 5.74) is 17.8. The van der Waals surface area contributed by atoms with Crippen molar-refractivity contribution in [2.45, 2.75) is 50.1 Å². The molecule has 0 amide bonds. The zero-order chi connectivity index (χ0) is 25.6. The van der Waals surface area contributed by atoms with Gasteiger partial charge in [0.2, 0.25) is 0 Å². The summed E-state index contributed by atoms with van der Waals surface area (Å²) in [5, 5.41) is 0. The predicted octanol–water partition coefficient (Wildman–Crippen LogP) is 4.20. The monoisotopic (exact) mass is 516 g/mol. The molecule has 0 radical (unpaired) electrons. The second-order valence-corrected chi connectivity index (χ2v) is 10.6. The van der Waals surface area contributed by atoms with Gasteiger partial charge >= 0.3 is 0 Å². The standard InChI is InChI=1S/C30H32N2O6/c31-17-1-5-19(6-2-17)37-29-25(9-21-13-33-21)27(11-23-15-35-23)30(38-20-7-3-18(32)4-8-20)28(12-24-16-36-24)26(29)10-22-14-34-22/h1-8,21-24H,9-16,31-32H2. The van der Waals surface area contributed by atoms with E-state index in [1.165, 1.54) is 0 Å². The summed E-state index contributed by atoms with van der Waals surface area (Å²) in [7, 11) is 0. The Balaban J connectivity index is 1.42. The van der Waals surface area contributed by atoms with Crippen molar-refractivity contribution in [2.24, 2.45) is 0 Å². The first-order chi connectivity index (χ1) is 18.6. The summed E-state index contributed by atoms with van der Waals surface area (Å²) in [6, 6.07) is 15.1. The Morgan fingerprint density at radius 3 is 1.00 bits per heavy atom. The highest BCUT2D eigenvalue weighted by molar-refractivity contribution is 5.63. The lowest BCUT2D eigenvalue weighted by Crippen LogP contribution is -2.15. The minimum Gasteiger partial charge on any atom is -0.457 e. The van der Waals surface area contributed by atoms with E-state index in [9.17, 15) is 0 Å². The largest absolute Gasteiger partial charge is 0.457 e. The number of benzene rings is 3. The molecule has 0 saturated carbocycles. The van der Waals surface area contributed by atoms with Crippen molar-refractivity contribution in [3.63, 3.8) is 0 Å². The van der Waals surface area contributed by atoms with Crippen LogP contribution in [0.25, 0.3) is 0 Å². The highest BCUT2D eigenvalue weighted by Crippen LogP contribution is 2.47. The second kappa shape index (κ2) is 9.78. The Morgan fingerprint density at radius 1 is 0.500 bits per heavy atom. The van der Waals surface area contributed by atoms with Gasteiger partial charge in [-0.2, -0.15) is 0 Å². The van der Waals surface area contributed by atoms with Gasteiger partial charge in [-0.3, -0.25) is 0 Å². The molecule has 0 bridgehead atoms. The van der Waals surface area contributed by atoms with Crippen LogP contribution in [0.15, 0.2) is 48.5 Å².